The number of nitrogens with zero attached hydrogens (tertiary/aromatic N) is 4. The Hall–Kier alpha value is -3.76. The molecule has 33 heavy (non-hydrogen) atoms. The lowest BCUT2D eigenvalue weighted by molar-refractivity contribution is -0.133. The SMILES string of the molecule is Cc1ccc(Cc2nccc(-c3ccc(O[C@@H]4CCN(C(=O)CO)C4)c(C#N)c3)n2)cc1C. The van der Waals surface area contributed by atoms with Gasteiger partial charge in [0.05, 0.1) is 17.8 Å². The number of carbonyl (C=O) groups is 1. The van der Waals surface area contributed by atoms with Gasteiger partial charge in [0.1, 0.15) is 30.4 Å². The summed E-state index contributed by atoms with van der Waals surface area (Å²) >= 11 is 0. The standard InChI is InChI=1S/C26H26N4O3/c1-17-3-4-19(11-18(17)2)12-25-28-9-7-23(29-25)20-5-6-24(21(13-20)14-27)33-22-8-10-30(15-22)26(32)16-31/h3-7,9,11,13,22,31H,8,10,12,15-16H2,1-2H3/t22-/m1/s1. The summed E-state index contributed by atoms with van der Waals surface area (Å²) in [6.45, 7) is 4.62. The van der Waals surface area contributed by atoms with Crippen LogP contribution in [0.5, 0.6) is 5.75 Å². The van der Waals surface area contributed by atoms with Gasteiger partial charge in [-0.25, -0.2) is 9.97 Å². The van der Waals surface area contributed by atoms with Crippen molar-refractivity contribution >= 4 is 5.91 Å². The fourth-order valence-corrected chi connectivity index (χ4v) is 3.95. The van der Waals surface area contributed by atoms with E-state index in [9.17, 15) is 10.1 Å². The first-order chi connectivity index (χ1) is 16.0. The molecule has 4 rings (SSSR count). The van der Waals surface area contributed by atoms with Crippen molar-refractivity contribution in [3.8, 4) is 23.1 Å². The third kappa shape index (κ3) is 5.18. The lowest BCUT2D eigenvalue weighted by Crippen LogP contribution is -2.32. The van der Waals surface area contributed by atoms with E-state index in [1.54, 1.807) is 23.2 Å². The third-order valence-electron chi connectivity index (χ3n) is 5.96. The highest BCUT2D eigenvalue weighted by Gasteiger charge is 2.27. The summed E-state index contributed by atoms with van der Waals surface area (Å²) in [6, 6.07) is 15.8. The third-order valence-corrected chi connectivity index (χ3v) is 5.96. The topological polar surface area (TPSA) is 99.3 Å². The molecule has 2 heterocycles. The molecule has 1 amide bonds. The predicted molar refractivity (Wildman–Crippen MR) is 124 cm³/mol. The van der Waals surface area contributed by atoms with E-state index < -0.39 is 6.61 Å². The number of hydrogen-bond donors (Lipinski definition) is 1. The first-order valence-electron chi connectivity index (χ1n) is 10.9. The minimum atomic E-state index is -0.505. The van der Waals surface area contributed by atoms with E-state index in [1.165, 1.54) is 11.1 Å². The van der Waals surface area contributed by atoms with Gasteiger partial charge in [-0.05, 0) is 54.8 Å². The van der Waals surface area contributed by atoms with Crippen molar-refractivity contribution < 1.29 is 14.6 Å². The minimum Gasteiger partial charge on any atom is -0.487 e. The zero-order valence-corrected chi connectivity index (χ0v) is 18.8. The van der Waals surface area contributed by atoms with Crippen molar-refractivity contribution in [3.63, 3.8) is 0 Å². The zero-order chi connectivity index (χ0) is 23.4. The first kappa shape index (κ1) is 22.4. The van der Waals surface area contributed by atoms with Gasteiger partial charge in [-0.1, -0.05) is 18.2 Å². The average molecular weight is 443 g/mol. The highest BCUT2D eigenvalue weighted by molar-refractivity contribution is 5.77. The van der Waals surface area contributed by atoms with Crippen molar-refractivity contribution in [2.24, 2.45) is 0 Å². The number of ether oxygens (including phenoxy) is 1. The quantitative estimate of drug-likeness (QED) is 0.629. The molecule has 168 valence electrons. The van der Waals surface area contributed by atoms with Gasteiger partial charge in [-0.2, -0.15) is 5.26 Å². The molecule has 0 bridgehead atoms. The van der Waals surface area contributed by atoms with Crippen LogP contribution in [0.2, 0.25) is 0 Å². The first-order valence-corrected chi connectivity index (χ1v) is 10.9. The maximum Gasteiger partial charge on any atom is 0.248 e. The Bertz CT molecular complexity index is 1220. The summed E-state index contributed by atoms with van der Waals surface area (Å²) in [5.41, 5.74) is 5.61. The molecule has 1 aliphatic heterocycles. The molecule has 0 unspecified atom stereocenters. The van der Waals surface area contributed by atoms with E-state index >= 15 is 0 Å². The van der Waals surface area contributed by atoms with E-state index in [2.05, 4.69) is 43.1 Å². The molecule has 2 aromatic carbocycles. The molecule has 7 nitrogen and oxygen atoms in total. The highest BCUT2D eigenvalue weighted by Crippen LogP contribution is 2.28. The summed E-state index contributed by atoms with van der Waals surface area (Å²) in [5, 5.41) is 18.7. The highest BCUT2D eigenvalue weighted by atomic mass is 16.5. The molecule has 7 heteroatoms. The van der Waals surface area contributed by atoms with E-state index in [-0.39, 0.29) is 12.0 Å². The second-order valence-electron chi connectivity index (χ2n) is 8.30. The molecule has 1 fully saturated rings. The molecule has 1 aliphatic rings. The molecule has 0 radical (unpaired) electrons. The van der Waals surface area contributed by atoms with Crippen LogP contribution < -0.4 is 4.74 Å². The normalized spacial score (nSPS) is 15.3. The van der Waals surface area contributed by atoms with E-state index in [1.807, 2.05) is 12.1 Å². The largest absolute Gasteiger partial charge is 0.487 e. The number of aliphatic hydroxyl groups excluding tert-OH is 1. The van der Waals surface area contributed by atoms with Crippen LogP contribution in [-0.4, -0.2) is 51.7 Å². The molecular weight excluding hydrogens is 416 g/mol. The van der Waals surface area contributed by atoms with Crippen molar-refractivity contribution in [2.75, 3.05) is 19.7 Å². The van der Waals surface area contributed by atoms with E-state index in [4.69, 9.17) is 14.8 Å². The van der Waals surface area contributed by atoms with Crippen molar-refractivity contribution in [1.82, 2.24) is 14.9 Å². The number of aryl methyl sites for hydroxylation is 2. The maximum atomic E-state index is 11.7. The van der Waals surface area contributed by atoms with Crippen LogP contribution in [0.3, 0.4) is 0 Å². The number of nitriles is 1. The molecule has 0 spiro atoms. The fraction of sp³-hybridized carbons (Fsp3) is 0.308. The fourth-order valence-electron chi connectivity index (χ4n) is 3.95. The summed E-state index contributed by atoms with van der Waals surface area (Å²) in [6.07, 6.45) is 2.82. The molecule has 0 aliphatic carbocycles. The second kappa shape index (κ2) is 9.80. The number of aromatic nitrogens is 2. The minimum absolute atomic E-state index is 0.206. The van der Waals surface area contributed by atoms with Crippen LogP contribution in [0.1, 0.15) is 34.5 Å². The Morgan fingerprint density at radius 1 is 1.21 bits per heavy atom. The Morgan fingerprint density at radius 2 is 2.06 bits per heavy atom. The predicted octanol–water partition coefficient (Wildman–Crippen LogP) is 3.19. The number of likely N-dealkylation sites (tertiary alicyclic amines) is 1. The van der Waals surface area contributed by atoms with Crippen molar-refractivity contribution in [2.45, 2.75) is 32.8 Å². The second-order valence-corrected chi connectivity index (χ2v) is 8.30. The van der Waals surface area contributed by atoms with Gasteiger partial charge in [-0.15, -0.1) is 0 Å². The van der Waals surface area contributed by atoms with Crippen LogP contribution in [0.15, 0.2) is 48.7 Å². The lowest BCUT2D eigenvalue weighted by atomic mass is 10.0. The van der Waals surface area contributed by atoms with Gasteiger partial charge < -0.3 is 14.7 Å². The molecule has 1 N–H and O–H groups in total. The van der Waals surface area contributed by atoms with Crippen LogP contribution in [0.4, 0.5) is 0 Å². The Kier molecular flexibility index (Phi) is 6.66. The van der Waals surface area contributed by atoms with Gasteiger partial charge in [0.25, 0.3) is 0 Å². The van der Waals surface area contributed by atoms with Gasteiger partial charge in [-0.3, -0.25) is 4.79 Å². The van der Waals surface area contributed by atoms with Gasteiger partial charge in [0.2, 0.25) is 5.91 Å². The number of benzene rings is 2. The van der Waals surface area contributed by atoms with Gasteiger partial charge >= 0.3 is 0 Å². The van der Waals surface area contributed by atoms with Crippen LogP contribution in [0, 0.1) is 25.2 Å². The van der Waals surface area contributed by atoms with Crippen LogP contribution >= 0.6 is 0 Å². The molecule has 1 atom stereocenters. The Morgan fingerprint density at radius 3 is 2.82 bits per heavy atom. The zero-order valence-electron chi connectivity index (χ0n) is 18.8. The summed E-state index contributed by atoms with van der Waals surface area (Å²) in [7, 11) is 0. The van der Waals surface area contributed by atoms with E-state index in [0.29, 0.717) is 43.1 Å². The number of carbonyl (C=O) groups excluding carboxylic acids is 1. The number of hydrogen-bond acceptors (Lipinski definition) is 6. The van der Waals surface area contributed by atoms with Crippen LogP contribution in [0.25, 0.3) is 11.3 Å². The summed E-state index contributed by atoms with van der Waals surface area (Å²) in [5.74, 6) is 0.889. The number of aliphatic hydroxyl groups is 1. The maximum absolute atomic E-state index is 11.7. The average Bonchev–Trinajstić information content (AvgIpc) is 3.30. The smallest absolute Gasteiger partial charge is 0.248 e. The molecular formula is C26H26N4O3. The summed E-state index contributed by atoms with van der Waals surface area (Å²) < 4.78 is 6.01. The summed E-state index contributed by atoms with van der Waals surface area (Å²) in [4.78, 5) is 22.4. The van der Waals surface area contributed by atoms with Crippen LogP contribution in [-0.2, 0) is 11.2 Å². The molecule has 1 aromatic heterocycles. The monoisotopic (exact) mass is 442 g/mol. The lowest BCUT2D eigenvalue weighted by Gasteiger charge is -2.17. The molecule has 3 aromatic rings. The van der Waals surface area contributed by atoms with Crippen molar-refractivity contribution in [3.05, 3.63) is 76.7 Å². The Balaban J connectivity index is 1.51. The van der Waals surface area contributed by atoms with Gasteiger partial charge in [0.15, 0.2) is 0 Å². The van der Waals surface area contributed by atoms with E-state index in [0.717, 1.165) is 16.8 Å². The molecule has 1 saturated heterocycles. The Labute approximate surface area is 193 Å². The number of rotatable bonds is 6. The number of amides is 1. The van der Waals surface area contributed by atoms with Gasteiger partial charge in [0, 0.05) is 31.1 Å². The molecule has 0 saturated carbocycles. The van der Waals surface area contributed by atoms with Crippen molar-refractivity contribution in [1.29, 1.82) is 5.26 Å².